The largest absolute Gasteiger partial charge is 0.327 e. The van der Waals surface area contributed by atoms with Gasteiger partial charge in [0.25, 0.3) is 0 Å². The second-order valence-electron chi connectivity index (χ2n) is 6.76. The first-order chi connectivity index (χ1) is 12.5. The zero-order valence-electron chi connectivity index (χ0n) is 15.4. The molecule has 0 aliphatic heterocycles. The van der Waals surface area contributed by atoms with Gasteiger partial charge in [-0.15, -0.1) is 11.3 Å². The van der Waals surface area contributed by atoms with Crippen LogP contribution in [0.5, 0.6) is 0 Å². The van der Waals surface area contributed by atoms with Crippen LogP contribution in [0, 0.1) is 20.8 Å². The highest BCUT2D eigenvalue weighted by atomic mass is 32.1. The molecule has 3 nitrogen and oxygen atoms in total. The van der Waals surface area contributed by atoms with Crippen molar-refractivity contribution in [3.8, 4) is 0 Å². The highest BCUT2D eigenvalue weighted by molar-refractivity contribution is 7.11. The van der Waals surface area contributed by atoms with Gasteiger partial charge in [0.1, 0.15) is 10.8 Å². The zero-order chi connectivity index (χ0) is 18.3. The smallest absolute Gasteiger partial charge is 0.143 e. The molecule has 130 valence electrons. The molecule has 0 unspecified atom stereocenters. The van der Waals surface area contributed by atoms with Crippen LogP contribution >= 0.6 is 11.3 Å². The molecule has 4 heteroatoms. The Morgan fingerprint density at radius 2 is 1.73 bits per heavy atom. The molecule has 0 atom stereocenters. The first-order valence-corrected chi connectivity index (χ1v) is 9.53. The number of aromatic nitrogens is 3. The van der Waals surface area contributed by atoms with Gasteiger partial charge in [-0.1, -0.05) is 41.5 Å². The van der Waals surface area contributed by atoms with Crippen molar-refractivity contribution in [3.05, 3.63) is 81.1 Å². The number of nitrogens with zero attached hydrogens (tertiary/aromatic N) is 3. The van der Waals surface area contributed by atoms with Crippen molar-refractivity contribution >= 4 is 34.0 Å². The number of fused-ring (bicyclic) bond motifs is 1. The normalized spacial score (nSPS) is 12.1. The van der Waals surface area contributed by atoms with E-state index in [1.807, 2.05) is 13.0 Å². The van der Waals surface area contributed by atoms with Gasteiger partial charge in [-0.2, -0.15) is 0 Å². The van der Waals surface area contributed by atoms with Gasteiger partial charge in [-0.05, 0) is 44.5 Å². The molecule has 4 rings (SSSR count). The van der Waals surface area contributed by atoms with Crippen molar-refractivity contribution < 1.29 is 0 Å². The number of para-hydroxylation sites is 2. The van der Waals surface area contributed by atoms with E-state index in [4.69, 9.17) is 9.97 Å². The Balaban J connectivity index is 1.96. The summed E-state index contributed by atoms with van der Waals surface area (Å²) in [7, 11) is 2.07. The Bertz CT molecular complexity index is 1110. The van der Waals surface area contributed by atoms with Gasteiger partial charge in [0.15, 0.2) is 0 Å². The Hall–Kier alpha value is -2.72. The van der Waals surface area contributed by atoms with Crippen LogP contribution in [0.15, 0.2) is 47.8 Å². The second-order valence-corrected chi connectivity index (χ2v) is 7.61. The van der Waals surface area contributed by atoms with Gasteiger partial charge in [-0.3, -0.25) is 0 Å². The van der Waals surface area contributed by atoms with Crippen LogP contribution in [0.2, 0.25) is 0 Å². The SMILES string of the molecule is Cc1cc(C)cc(/C=C(/c2nc(C)cs2)c2nc3ccccc3n2C)c1. The number of thiazole rings is 1. The Labute approximate surface area is 157 Å². The van der Waals surface area contributed by atoms with E-state index in [1.165, 1.54) is 16.7 Å². The van der Waals surface area contributed by atoms with Gasteiger partial charge < -0.3 is 4.57 Å². The second kappa shape index (κ2) is 6.54. The average molecular weight is 359 g/mol. The summed E-state index contributed by atoms with van der Waals surface area (Å²) in [6.07, 6.45) is 2.21. The molecule has 2 aromatic carbocycles. The minimum absolute atomic E-state index is 0.944. The van der Waals surface area contributed by atoms with Crippen molar-refractivity contribution in [2.75, 3.05) is 0 Å². The zero-order valence-corrected chi connectivity index (χ0v) is 16.3. The molecule has 2 heterocycles. The van der Waals surface area contributed by atoms with E-state index >= 15 is 0 Å². The van der Waals surface area contributed by atoms with E-state index in [0.717, 1.165) is 33.1 Å². The van der Waals surface area contributed by atoms with E-state index in [-0.39, 0.29) is 0 Å². The molecule has 0 saturated carbocycles. The Kier molecular flexibility index (Phi) is 4.21. The first-order valence-electron chi connectivity index (χ1n) is 8.65. The fourth-order valence-corrected chi connectivity index (χ4v) is 4.15. The van der Waals surface area contributed by atoms with Crippen molar-refractivity contribution in [1.29, 1.82) is 0 Å². The van der Waals surface area contributed by atoms with Gasteiger partial charge in [0.2, 0.25) is 0 Å². The lowest BCUT2D eigenvalue weighted by Crippen LogP contribution is -1.99. The molecular formula is C22H21N3S. The van der Waals surface area contributed by atoms with Crippen LogP contribution in [0.25, 0.3) is 22.7 Å². The summed E-state index contributed by atoms with van der Waals surface area (Å²) in [4.78, 5) is 9.64. The molecule has 2 aromatic heterocycles. The van der Waals surface area contributed by atoms with Crippen molar-refractivity contribution in [3.63, 3.8) is 0 Å². The molecule has 0 N–H and O–H groups in total. The molecule has 0 spiro atoms. The lowest BCUT2D eigenvalue weighted by atomic mass is 10.0. The van der Waals surface area contributed by atoms with Crippen LogP contribution in [-0.2, 0) is 7.05 Å². The highest BCUT2D eigenvalue weighted by Crippen LogP contribution is 2.30. The van der Waals surface area contributed by atoms with E-state index < -0.39 is 0 Å². The molecule has 0 fully saturated rings. The fourth-order valence-electron chi connectivity index (χ4n) is 3.35. The Morgan fingerprint density at radius 3 is 2.38 bits per heavy atom. The third kappa shape index (κ3) is 3.08. The average Bonchev–Trinajstić information content (AvgIpc) is 3.16. The monoisotopic (exact) mass is 359 g/mol. The summed E-state index contributed by atoms with van der Waals surface area (Å²) in [5.74, 6) is 0.944. The third-order valence-electron chi connectivity index (χ3n) is 4.43. The lowest BCUT2D eigenvalue weighted by molar-refractivity contribution is 0.922. The molecule has 0 aliphatic carbocycles. The topological polar surface area (TPSA) is 30.7 Å². The standard InChI is InChI=1S/C22H21N3S/c1-14-9-15(2)11-17(10-14)12-18(22-23-16(3)13-26-22)21-24-19-7-5-6-8-20(19)25(21)4/h5-13H,1-4H3/b18-12+. The molecule has 0 amide bonds. The van der Waals surface area contributed by atoms with Crippen LogP contribution in [0.4, 0.5) is 0 Å². The number of aryl methyl sites for hydroxylation is 4. The summed E-state index contributed by atoms with van der Waals surface area (Å²) >= 11 is 1.67. The van der Waals surface area contributed by atoms with Crippen molar-refractivity contribution in [1.82, 2.24) is 14.5 Å². The molecule has 0 aliphatic rings. The van der Waals surface area contributed by atoms with Crippen molar-refractivity contribution in [2.24, 2.45) is 7.05 Å². The molecule has 0 saturated heterocycles. The van der Waals surface area contributed by atoms with Gasteiger partial charge in [-0.25, -0.2) is 9.97 Å². The number of benzene rings is 2. The van der Waals surface area contributed by atoms with Gasteiger partial charge >= 0.3 is 0 Å². The fraction of sp³-hybridized carbons (Fsp3) is 0.182. The Morgan fingerprint density at radius 1 is 1.00 bits per heavy atom. The van der Waals surface area contributed by atoms with E-state index in [9.17, 15) is 0 Å². The highest BCUT2D eigenvalue weighted by Gasteiger charge is 2.16. The summed E-state index contributed by atoms with van der Waals surface area (Å²) < 4.78 is 2.15. The minimum atomic E-state index is 0.944. The summed E-state index contributed by atoms with van der Waals surface area (Å²) in [5, 5.41) is 3.09. The number of hydrogen-bond acceptors (Lipinski definition) is 3. The summed E-state index contributed by atoms with van der Waals surface area (Å²) in [6.45, 7) is 6.29. The number of hydrogen-bond donors (Lipinski definition) is 0. The van der Waals surface area contributed by atoms with Crippen molar-refractivity contribution in [2.45, 2.75) is 20.8 Å². The van der Waals surface area contributed by atoms with Crippen LogP contribution < -0.4 is 0 Å². The maximum Gasteiger partial charge on any atom is 0.143 e. The van der Waals surface area contributed by atoms with Gasteiger partial charge in [0.05, 0.1) is 16.6 Å². The molecule has 0 radical (unpaired) electrons. The predicted octanol–water partition coefficient (Wildman–Crippen LogP) is 5.54. The number of rotatable bonds is 3. The molecule has 4 aromatic rings. The van der Waals surface area contributed by atoms with Crippen LogP contribution in [0.3, 0.4) is 0 Å². The van der Waals surface area contributed by atoms with Crippen LogP contribution in [-0.4, -0.2) is 14.5 Å². The number of imidazole rings is 1. The third-order valence-corrected chi connectivity index (χ3v) is 5.43. The maximum atomic E-state index is 4.90. The van der Waals surface area contributed by atoms with E-state index in [0.29, 0.717) is 0 Å². The van der Waals surface area contributed by atoms with E-state index in [2.05, 4.69) is 73.3 Å². The van der Waals surface area contributed by atoms with Gasteiger partial charge in [0, 0.05) is 18.1 Å². The van der Waals surface area contributed by atoms with E-state index in [1.54, 1.807) is 11.3 Å². The maximum absolute atomic E-state index is 4.90. The van der Waals surface area contributed by atoms with Crippen LogP contribution in [0.1, 0.15) is 33.2 Å². The quantitative estimate of drug-likeness (QED) is 0.480. The molecule has 26 heavy (non-hydrogen) atoms. The summed E-state index contributed by atoms with van der Waals surface area (Å²) in [6, 6.07) is 14.8. The predicted molar refractivity (Wildman–Crippen MR) is 110 cm³/mol. The molecule has 0 bridgehead atoms. The lowest BCUT2D eigenvalue weighted by Gasteiger charge is -2.07. The summed E-state index contributed by atoms with van der Waals surface area (Å²) in [5.41, 5.74) is 7.93. The minimum Gasteiger partial charge on any atom is -0.327 e. The first kappa shape index (κ1) is 16.7. The molecular weight excluding hydrogens is 338 g/mol.